The maximum absolute atomic E-state index is 10.6. The molecule has 1 unspecified atom stereocenters. The van der Waals surface area contributed by atoms with Gasteiger partial charge in [0.2, 0.25) is 0 Å². The number of carbonyl (C=O) groups is 1. The number of methoxy groups -OCH3 is 1. The molecule has 0 aromatic rings. The third-order valence-electron chi connectivity index (χ3n) is 1.49. The van der Waals surface area contributed by atoms with E-state index in [9.17, 15) is 4.79 Å². The third kappa shape index (κ3) is 5.80. The number of ketones is 1. The number of allylic oxidation sites excluding steroid dienone is 1. The molecule has 0 aromatic heterocycles. The van der Waals surface area contributed by atoms with Crippen molar-refractivity contribution in [2.24, 2.45) is 0 Å². The van der Waals surface area contributed by atoms with Crippen LogP contribution < -0.4 is 0 Å². The van der Waals surface area contributed by atoms with Crippen LogP contribution in [0, 0.1) is 0 Å². The van der Waals surface area contributed by atoms with E-state index in [0.717, 1.165) is 6.42 Å². The summed E-state index contributed by atoms with van der Waals surface area (Å²) < 4.78 is 5.10. The molecule has 0 saturated carbocycles. The molecule has 0 aliphatic rings. The first kappa shape index (κ1) is 10.4. The van der Waals surface area contributed by atoms with Crippen LogP contribution in [-0.4, -0.2) is 19.0 Å². The van der Waals surface area contributed by atoms with Crippen LogP contribution in [0.25, 0.3) is 0 Å². The lowest BCUT2D eigenvalue weighted by Crippen LogP contribution is -2.08. The molecule has 0 bridgehead atoms. The fourth-order valence-corrected chi connectivity index (χ4v) is 0.853. The number of carbonyl (C=O) groups excluding carboxylic acids is 1. The molecule has 0 aromatic carbocycles. The molecule has 2 heteroatoms. The van der Waals surface area contributed by atoms with Crippen LogP contribution in [0.15, 0.2) is 12.2 Å². The van der Waals surface area contributed by atoms with Crippen LogP contribution in [0.4, 0.5) is 0 Å². The predicted octanol–water partition coefficient (Wildman–Crippen LogP) is 1.95. The summed E-state index contributed by atoms with van der Waals surface area (Å²) in [6.45, 7) is 3.54. The Bertz CT molecular complexity index is 138. The fourth-order valence-electron chi connectivity index (χ4n) is 0.853. The highest BCUT2D eigenvalue weighted by Crippen LogP contribution is 2.03. The molecule has 0 spiro atoms. The van der Waals surface area contributed by atoms with Crippen LogP contribution in [-0.2, 0) is 9.53 Å². The van der Waals surface area contributed by atoms with Gasteiger partial charge in [0, 0.05) is 13.5 Å². The highest BCUT2D eigenvalue weighted by atomic mass is 16.5. The Kier molecular flexibility index (Phi) is 5.75. The largest absolute Gasteiger partial charge is 0.377 e. The summed E-state index contributed by atoms with van der Waals surface area (Å²) in [5, 5.41) is 0. The molecule has 0 amide bonds. The van der Waals surface area contributed by atoms with E-state index in [0.29, 0.717) is 6.42 Å². The minimum Gasteiger partial charge on any atom is -0.377 e. The normalized spacial score (nSPS) is 13.7. The van der Waals surface area contributed by atoms with Crippen molar-refractivity contribution in [2.45, 2.75) is 32.8 Å². The molecule has 0 N–H and O–H groups in total. The second-order valence-corrected chi connectivity index (χ2v) is 2.54. The van der Waals surface area contributed by atoms with Gasteiger partial charge in [-0.2, -0.15) is 0 Å². The van der Waals surface area contributed by atoms with E-state index in [1.807, 2.05) is 19.1 Å². The first-order chi connectivity index (χ1) is 5.20. The van der Waals surface area contributed by atoms with Crippen LogP contribution in [0.2, 0.25) is 0 Å². The first-order valence-corrected chi connectivity index (χ1v) is 3.85. The summed E-state index contributed by atoms with van der Waals surface area (Å²) in [5.74, 6) is 0.219. The topological polar surface area (TPSA) is 26.3 Å². The van der Waals surface area contributed by atoms with Crippen molar-refractivity contribution in [3.63, 3.8) is 0 Å². The zero-order chi connectivity index (χ0) is 8.69. The average molecular weight is 156 g/mol. The van der Waals surface area contributed by atoms with Gasteiger partial charge in [0.1, 0.15) is 5.78 Å². The summed E-state index contributed by atoms with van der Waals surface area (Å²) in [6.07, 6.45) is 5.39. The molecular formula is C9H16O2. The van der Waals surface area contributed by atoms with E-state index in [1.165, 1.54) is 0 Å². The van der Waals surface area contributed by atoms with E-state index >= 15 is 0 Å². The Morgan fingerprint density at radius 1 is 1.64 bits per heavy atom. The molecule has 2 nitrogen and oxygen atoms in total. The van der Waals surface area contributed by atoms with Gasteiger partial charge in [-0.25, -0.2) is 0 Å². The quantitative estimate of drug-likeness (QED) is 0.569. The lowest BCUT2D eigenvalue weighted by atomic mass is 10.1. The minimum atomic E-state index is 0.101. The molecule has 64 valence electrons. The van der Waals surface area contributed by atoms with Gasteiger partial charge in [-0.15, -0.1) is 0 Å². The zero-order valence-electron chi connectivity index (χ0n) is 7.46. The van der Waals surface area contributed by atoms with Crippen molar-refractivity contribution in [3.05, 3.63) is 12.2 Å². The molecule has 1 atom stereocenters. The van der Waals surface area contributed by atoms with Gasteiger partial charge in [0.25, 0.3) is 0 Å². The predicted molar refractivity (Wildman–Crippen MR) is 45.5 cm³/mol. The van der Waals surface area contributed by atoms with Crippen molar-refractivity contribution in [3.8, 4) is 0 Å². The molecule has 0 radical (unpaired) electrons. The minimum absolute atomic E-state index is 0.101. The van der Waals surface area contributed by atoms with Gasteiger partial charge in [0.05, 0.1) is 6.10 Å². The maximum atomic E-state index is 10.6. The SMILES string of the molecule is C/C=C/C(CCC(C)=O)OC. The van der Waals surface area contributed by atoms with Gasteiger partial charge < -0.3 is 9.53 Å². The molecule has 0 rings (SSSR count). The fraction of sp³-hybridized carbons (Fsp3) is 0.667. The van der Waals surface area contributed by atoms with Crippen LogP contribution in [0.3, 0.4) is 0 Å². The van der Waals surface area contributed by atoms with Crippen molar-refractivity contribution >= 4 is 5.78 Å². The Hall–Kier alpha value is -0.630. The van der Waals surface area contributed by atoms with Gasteiger partial charge in [-0.1, -0.05) is 12.2 Å². The standard InChI is InChI=1S/C9H16O2/c1-4-5-9(11-3)7-6-8(2)10/h4-5,9H,6-7H2,1-3H3/b5-4+. The van der Waals surface area contributed by atoms with E-state index in [-0.39, 0.29) is 11.9 Å². The summed E-state index contributed by atoms with van der Waals surface area (Å²) in [4.78, 5) is 10.6. The zero-order valence-corrected chi connectivity index (χ0v) is 7.46. The number of rotatable bonds is 5. The average Bonchev–Trinajstić information content (AvgIpc) is 1.97. The van der Waals surface area contributed by atoms with Gasteiger partial charge >= 0.3 is 0 Å². The van der Waals surface area contributed by atoms with Crippen molar-refractivity contribution in [1.82, 2.24) is 0 Å². The maximum Gasteiger partial charge on any atom is 0.129 e. The van der Waals surface area contributed by atoms with Crippen LogP contribution in [0.1, 0.15) is 26.7 Å². The van der Waals surface area contributed by atoms with E-state index in [2.05, 4.69) is 0 Å². The lowest BCUT2D eigenvalue weighted by Gasteiger charge is -2.08. The molecule has 0 heterocycles. The molecule has 0 aliphatic carbocycles. The molecule has 11 heavy (non-hydrogen) atoms. The number of Topliss-reactive ketones (excluding diaryl/α,β-unsaturated/α-hetero) is 1. The number of ether oxygens (including phenoxy) is 1. The Morgan fingerprint density at radius 3 is 2.64 bits per heavy atom. The second kappa shape index (κ2) is 6.10. The molecular weight excluding hydrogens is 140 g/mol. The van der Waals surface area contributed by atoms with Crippen molar-refractivity contribution in [2.75, 3.05) is 7.11 Å². The van der Waals surface area contributed by atoms with Crippen LogP contribution in [0.5, 0.6) is 0 Å². The highest BCUT2D eigenvalue weighted by molar-refractivity contribution is 5.75. The third-order valence-corrected chi connectivity index (χ3v) is 1.49. The summed E-state index contributed by atoms with van der Waals surface area (Å²) in [5.41, 5.74) is 0. The van der Waals surface area contributed by atoms with Gasteiger partial charge in [-0.3, -0.25) is 0 Å². The lowest BCUT2D eigenvalue weighted by molar-refractivity contribution is -0.117. The summed E-state index contributed by atoms with van der Waals surface area (Å²) in [6, 6.07) is 0. The van der Waals surface area contributed by atoms with Crippen molar-refractivity contribution in [1.29, 1.82) is 0 Å². The van der Waals surface area contributed by atoms with Crippen LogP contribution >= 0.6 is 0 Å². The second-order valence-electron chi connectivity index (χ2n) is 2.54. The smallest absolute Gasteiger partial charge is 0.129 e. The van der Waals surface area contributed by atoms with Crippen molar-refractivity contribution < 1.29 is 9.53 Å². The first-order valence-electron chi connectivity index (χ1n) is 3.85. The Labute approximate surface area is 68.2 Å². The van der Waals surface area contributed by atoms with Gasteiger partial charge in [0.15, 0.2) is 0 Å². The van der Waals surface area contributed by atoms with E-state index in [4.69, 9.17) is 4.74 Å². The molecule has 0 aliphatic heterocycles. The highest BCUT2D eigenvalue weighted by Gasteiger charge is 2.02. The molecule has 0 fully saturated rings. The Balaban J connectivity index is 3.60. The summed E-state index contributed by atoms with van der Waals surface area (Å²) >= 11 is 0. The van der Waals surface area contributed by atoms with E-state index in [1.54, 1.807) is 14.0 Å². The molecule has 0 saturated heterocycles. The number of hydrogen-bond acceptors (Lipinski definition) is 2. The Morgan fingerprint density at radius 2 is 2.27 bits per heavy atom. The number of hydrogen-bond donors (Lipinski definition) is 0. The van der Waals surface area contributed by atoms with Gasteiger partial charge in [-0.05, 0) is 20.3 Å². The van der Waals surface area contributed by atoms with E-state index < -0.39 is 0 Å². The monoisotopic (exact) mass is 156 g/mol. The summed E-state index contributed by atoms with van der Waals surface area (Å²) in [7, 11) is 1.66.